The predicted octanol–water partition coefficient (Wildman–Crippen LogP) is 1.55. The van der Waals surface area contributed by atoms with Gasteiger partial charge in [-0.15, -0.1) is 0 Å². The number of rotatable bonds is 5. The molecule has 5 heteroatoms. The lowest BCUT2D eigenvalue weighted by Crippen LogP contribution is -2.38. The van der Waals surface area contributed by atoms with Crippen LogP contribution in [0.1, 0.15) is 24.0 Å². The second-order valence-electron chi connectivity index (χ2n) is 5.75. The average Bonchev–Trinajstić information content (AvgIpc) is 3.07. The molecular weight excluding hydrogens is 276 g/mol. The van der Waals surface area contributed by atoms with Crippen LogP contribution in [0.15, 0.2) is 43.0 Å². The van der Waals surface area contributed by atoms with Crippen molar-refractivity contribution in [3.05, 3.63) is 54.1 Å². The van der Waals surface area contributed by atoms with Crippen molar-refractivity contribution < 1.29 is 4.79 Å². The van der Waals surface area contributed by atoms with Gasteiger partial charge in [-0.2, -0.15) is 0 Å². The zero-order valence-electron chi connectivity index (χ0n) is 12.7. The molecular formula is C17H22N4O. The third kappa shape index (κ3) is 3.74. The Hall–Kier alpha value is -2.14. The van der Waals surface area contributed by atoms with Gasteiger partial charge in [-0.1, -0.05) is 24.3 Å². The van der Waals surface area contributed by atoms with E-state index in [-0.39, 0.29) is 11.8 Å². The van der Waals surface area contributed by atoms with Gasteiger partial charge >= 0.3 is 0 Å². The van der Waals surface area contributed by atoms with Crippen LogP contribution in [0.4, 0.5) is 0 Å². The summed E-state index contributed by atoms with van der Waals surface area (Å²) in [4.78, 5) is 16.3. The SMILES string of the molecule is O=C(NCc1ccccc1Cn1ccnc1)C1CCNCC1. The molecule has 3 rings (SSSR count). The monoisotopic (exact) mass is 298 g/mol. The fraction of sp³-hybridized carbons (Fsp3) is 0.412. The van der Waals surface area contributed by atoms with Crippen LogP contribution in [0.3, 0.4) is 0 Å². The number of imidazole rings is 1. The summed E-state index contributed by atoms with van der Waals surface area (Å²) in [5.41, 5.74) is 2.38. The Morgan fingerprint density at radius 2 is 2.05 bits per heavy atom. The van der Waals surface area contributed by atoms with Crippen molar-refractivity contribution in [3.63, 3.8) is 0 Å². The third-order valence-electron chi connectivity index (χ3n) is 4.19. The van der Waals surface area contributed by atoms with Crippen molar-refractivity contribution >= 4 is 5.91 Å². The van der Waals surface area contributed by atoms with Crippen molar-refractivity contribution in [2.45, 2.75) is 25.9 Å². The van der Waals surface area contributed by atoms with Crippen LogP contribution in [0.25, 0.3) is 0 Å². The van der Waals surface area contributed by atoms with Crippen molar-refractivity contribution in [2.75, 3.05) is 13.1 Å². The summed E-state index contributed by atoms with van der Waals surface area (Å²) in [5, 5.41) is 6.39. The Labute approximate surface area is 130 Å². The predicted molar refractivity (Wildman–Crippen MR) is 85.2 cm³/mol. The van der Waals surface area contributed by atoms with E-state index in [1.165, 1.54) is 11.1 Å². The first-order chi connectivity index (χ1) is 10.8. The van der Waals surface area contributed by atoms with E-state index in [0.717, 1.165) is 32.5 Å². The lowest BCUT2D eigenvalue weighted by atomic mass is 9.97. The molecule has 1 saturated heterocycles. The van der Waals surface area contributed by atoms with Crippen molar-refractivity contribution in [1.82, 2.24) is 20.2 Å². The number of aromatic nitrogens is 2. The molecule has 0 aliphatic carbocycles. The molecule has 0 spiro atoms. The van der Waals surface area contributed by atoms with Crippen LogP contribution in [0.5, 0.6) is 0 Å². The molecule has 2 aromatic rings. The van der Waals surface area contributed by atoms with E-state index in [4.69, 9.17) is 0 Å². The van der Waals surface area contributed by atoms with Gasteiger partial charge in [0.25, 0.3) is 0 Å². The van der Waals surface area contributed by atoms with E-state index in [1.54, 1.807) is 6.20 Å². The lowest BCUT2D eigenvalue weighted by Gasteiger charge is -2.22. The molecule has 0 unspecified atom stereocenters. The van der Waals surface area contributed by atoms with Crippen LogP contribution >= 0.6 is 0 Å². The van der Waals surface area contributed by atoms with Crippen molar-refractivity contribution in [1.29, 1.82) is 0 Å². The van der Waals surface area contributed by atoms with Gasteiger partial charge in [-0.25, -0.2) is 4.98 Å². The van der Waals surface area contributed by atoms with E-state index in [2.05, 4.69) is 27.8 Å². The number of benzene rings is 1. The number of hydrogen-bond acceptors (Lipinski definition) is 3. The van der Waals surface area contributed by atoms with Gasteiger partial charge < -0.3 is 15.2 Å². The highest BCUT2D eigenvalue weighted by molar-refractivity contribution is 5.78. The maximum atomic E-state index is 12.2. The summed E-state index contributed by atoms with van der Waals surface area (Å²) in [6.07, 6.45) is 7.40. The Kier molecular flexibility index (Phi) is 4.85. The maximum Gasteiger partial charge on any atom is 0.223 e. The van der Waals surface area contributed by atoms with Crippen LogP contribution in [0, 0.1) is 5.92 Å². The Bertz CT molecular complexity index is 603. The second-order valence-corrected chi connectivity index (χ2v) is 5.75. The molecule has 22 heavy (non-hydrogen) atoms. The van der Waals surface area contributed by atoms with Gasteiger partial charge in [-0.05, 0) is 37.1 Å². The number of carbonyl (C=O) groups is 1. The Morgan fingerprint density at radius 1 is 1.27 bits per heavy atom. The van der Waals surface area contributed by atoms with Crippen LogP contribution in [-0.2, 0) is 17.9 Å². The third-order valence-corrected chi connectivity index (χ3v) is 4.19. The topological polar surface area (TPSA) is 59.0 Å². The summed E-state index contributed by atoms with van der Waals surface area (Å²) in [6.45, 7) is 3.25. The fourth-order valence-electron chi connectivity index (χ4n) is 2.87. The zero-order chi connectivity index (χ0) is 15.2. The van der Waals surface area contributed by atoms with Gasteiger partial charge in [0.2, 0.25) is 5.91 Å². The Balaban J connectivity index is 1.61. The number of hydrogen-bond donors (Lipinski definition) is 2. The molecule has 5 nitrogen and oxygen atoms in total. The molecule has 2 N–H and O–H groups in total. The molecule has 1 amide bonds. The molecule has 1 aromatic heterocycles. The first kappa shape index (κ1) is 14.8. The van der Waals surface area contributed by atoms with Gasteiger partial charge in [0, 0.05) is 31.4 Å². The minimum atomic E-state index is 0.155. The number of piperidine rings is 1. The zero-order valence-corrected chi connectivity index (χ0v) is 12.7. The number of nitrogens with zero attached hydrogens (tertiary/aromatic N) is 2. The minimum absolute atomic E-state index is 0.155. The quantitative estimate of drug-likeness (QED) is 0.880. The van der Waals surface area contributed by atoms with Crippen molar-refractivity contribution in [3.8, 4) is 0 Å². The molecule has 0 bridgehead atoms. The van der Waals surface area contributed by atoms with Gasteiger partial charge in [0.15, 0.2) is 0 Å². The van der Waals surface area contributed by atoms with Crippen LogP contribution in [-0.4, -0.2) is 28.5 Å². The van der Waals surface area contributed by atoms with E-state index in [9.17, 15) is 4.79 Å². The molecule has 0 atom stereocenters. The molecule has 0 radical (unpaired) electrons. The molecule has 1 aliphatic heterocycles. The highest BCUT2D eigenvalue weighted by Crippen LogP contribution is 2.14. The fourth-order valence-corrected chi connectivity index (χ4v) is 2.87. The molecule has 2 heterocycles. The summed E-state index contributed by atoms with van der Waals surface area (Å²) >= 11 is 0. The molecule has 1 aromatic carbocycles. The summed E-state index contributed by atoms with van der Waals surface area (Å²) in [7, 11) is 0. The average molecular weight is 298 g/mol. The van der Waals surface area contributed by atoms with Crippen LogP contribution < -0.4 is 10.6 Å². The van der Waals surface area contributed by atoms with Gasteiger partial charge in [0.1, 0.15) is 0 Å². The first-order valence-corrected chi connectivity index (χ1v) is 7.84. The maximum absolute atomic E-state index is 12.2. The number of nitrogens with one attached hydrogen (secondary N) is 2. The Morgan fingerprint density at radius 3 is 2.77 bits per heavy atom. The van der Waals surface area contributed by atoms with E-state index >= 15 is 0 Å². The van der Waals surface area contributed by atoms with Crippen molar-refractivity contribution in [2.24, 2.45) is 5.92 Å². The summed E-state index contributed by atoms with van der Waals surface area (Å²) < 4.78 is 2.04. The molecule has 1 fully saturated rings. The van der Waals surface area contributed by atoms with Gasteiger partial charge in [-0.3, -0.25) is 4.79 Å². The van der Waals surface area contributed by atoms with E-state index < -0.39 is 0 Å². The first-order valence-electron chi connectivity index (χ1n) is 7.84. The number of carbonyl (C=O) groups excluding carboxylic acids is 1. The standard InChI is InChI=1S/C17H22N4O/c22-17(14-5-7-18-8-6-14)20-11-15-3-1-2-4-16(15)12-21-10-9-19-13-21/h1-4,9-10,13-14,18H,5-8,11-12H2,(H,20,22). The normalized spacial score (nSPS) is 15.6. The lowest BCUT2D eigenvalue weighted by molar-refractivity contribution is -0.125. The minimum Gasteiger partial charge on any atom is -0.352 e. The highest BCUT2D eigenvalue weighted by Gasteiger charge is 2.20. The van der Waals surface area contributed by atoms with E-state index in [1.807, 2.05) is 29.2 Å². The largest absolute Gasteiger partial charge is 0.352 e. The number of amides is 1. The summed E-state index contributed by atoms with van der Waals surface area (Å²) in [6, 6.07) is 8.23. The van der Waals surface area contributed by atoms with Gasteiger partial charge in [0.05, 0.1) is 6.33 Å². The highest BCUT2D eigenvalue weighted by atomic mass is 16.1. The molecule has 116 valence electrons. The smallest absolute Gasteiger partial charge is 0.223 e. The van der Waals surface area contributed by atoms with E-state index in [0.29, 0.717) is 6.54 Å². The summed E-state index contributed by atoms with van der Waals surface area (Å²) in [5.74, 6) is 0.334. The molecule has 1 aliphatic rings. The molecule has 0 saturated carbocycles. The second kappa shape index (κ2) is 7.22. The van der Waals surface area contributed by atoms with Crippen LogP contribution in [0.2, 0.25) is 0 Å².